The lowest BCUT2D eigenvalue weighted by Crippen LogP contribution is -2.28. The quantitative estimate of drug-likeness (QED) is 0.850. The van der Waals surface area contributed by atoms with Crippen LogP contribution in [0.4, 0.5) is 0 Å². The van der Waals surface area contributed by atoms with Gasteiger partial charge in [0, 0.05) is 16.4 Å². The van der Waals surface area contributed by atoms with Crippen LogP contribution in [0.5, 0.6) is 0 Å². The number of hydrogen-bond acceptors (Lipinski definition) is 3. The molecular formula is C12H19NOS. The monoisotopic (exact) mass is 225 g/mol. The predicted molar refractivity (Wildman–Crippen MR) is 64.5 cm³/mol. The Balaban J connectivity index is 2.10. The van der Waals surface area contributed by atoms with Gasteiger partial charge in [0.25, 0.3) is 0 Å². The first-order chi connectivity index (χ1) is 7.35. The van der Waals surface area contributed by atoms with Gasteiger partial charge in [-0.25, -0.2) is 0 Å². The van der Waals surface area contributed by atoms with Crippen molar-refractivity contribution >= 4 is 11.3 Å². The van der Waals surface area contributed by atoms with Crippen LogP contribution in [0, 0.1) is 0 Å². The second-order valence-corrected chi connectivity index (χ2v) is 5.18. The Morgan fingerprint density at radius 2 is 2.47 bits per heavy atom. The Labute approximate surface area is 95.6 Å². The molecule has 0 bridgehead atoms. The van der Waals surface area contributed by atoms with E-state index in [2.05, 4.69) is 24.4 Å². The van der Waals surface area contributed by atoms with E-state index < -0.39 is 0 Å². The van der Waals surface area contributed by atoms with Gasteiger partial charge in [0.2, 0.25) is 0 Å². The maximum atomic E-state index is 5.75. The summed E-state index contributed by atoms with van der Waals surface area (Å²) in [6.45, 7) is 3.13. The zero-order valence-electron chi connectivity index (χ0n) is 9.45. The number of likely N-dealkylation sites (N-methyl/N-ethyl adjacent to an activating group) is 1. The molecule has 1 fully saturated rings. The lowest BCUT2D eigenvalue weighted by Gasteiger charge is -2.21. The van der Waals surface area contributed by atoms with Crippen molar-refractivity contribution in [2.75, 3.05) is 13.7 Å². The van der Waals surface area contributed by atoms with E-state index >= 15 is 0 Å². The molecule has 1 aromatic rings. The van der Waals surface area contributed by atoms with Crippen LogP contribution < -0.4 is 5.32 Å². The zero-order chi connectivity index (χ0) is 10.7. The van der Waals surface area contributed by atoms with Crippen molar-refractivity contribution in [1.29, 1.82) is 0 Å². The number of rotatable bonds is 4. The minimum absolute atomic E-state index is 0.373. The molecule has 0 saturated carbocycles. The summed E-state index contributed by atoms with van der Waals surface area (Å²) in [7, 11) is 2.03. The minimum Gasteiger partial charge on any atom is -0.376 e. The maximum Gasteiger partial charge on any atom is 0.0778 e. The second kappa shape index (κ2) is 5.10. The fourth-order valence-electron chi connectivity index (χ4n) is 2.13. The van der Waals surface area contributed by atoms with Gasteiger partial charge in [-0.3, -0.25) is 0 Å². The molecule has 2 unspecified atom stereocenters. The number of nitrogens with one attached hydrogen (secondary N) is 1. The van der Waals surface area contributed by atoms with Crippen molar-refractivity contribution in [2.45, 2.75) is 38.3 Å². The summed E-state index contributed by atoms with van der Waals surface area (Å²) in [5.41, 5.74) is 0. The zero-order valence-corrected chi connectivity index (χ0v) is 10.3. The van der Waals surface area contributed by atoms with Crippen LogP contribution in [0.2, 0.25) is 0 Å². The first-order valence-corrected chi connectivity index (χ1v) is 6.54. The predicted octanol–water partition coefficient (Wildman–Crippen LogP) is 2.75. The van der Waals surface area contributed by atoms with E-state index in [1.165, 1.54) is 22.6 Å². The van der Waals surface area contributed by atoms with E-state index in [0.717, 1.165) is 13.0 Å². The van der Waals surface area contributed by atoms with E-state index in [1.807, 2.05) is 18.4 Å². The summed E-state index contributed by atoms with van der Waals surface area (Å²) in [5.74, 6) is 0. The van der Waals surface area contributed by atoms with Gasteiger partial charge >= 0.3 is 0 Å². The largest absolute Gasteiger partial charge is 0.376 e. The highest BCUT2D eigenvalue weighted by atomic mass is 32.1. The highest BCUT2D eigenvalue weighted by molar-refractivity contribution is 7.12. The van der Waals surface area contributed by atoms with Crippen molar-refractivity contribution in [1.82, 2.24) is 5.32 Å². The summed E-state index contributed by atoms with van der Waals surface area (Å²) in [4.78, 5) is 2.88. The molecule has 1 aliphatic rings. The van der Waals surface area contributed by atoms with Gasteiger partial charge in [-0.15, -0.1) is 11.3 Å². The second-order valence-electron chi connectivity index (χ2n) is 3.98. The van der Waals surface area contributed by atoms with Gasteiger partial charge in [0.1, 0.15) is 0 Å². The number of aryl methyl sites for hydroxylation is 1. The molecule has 2 heterocycles. The molecular weight excluding hydrogens is 206 g/mol. The molecule has 1 aromatic heterocycles. The normalized spacial score (nSPS) is 23.2. The summed E-state index contributed by atoms with van der Waals surface area (Å²) in [6, 6.07) is 4.86. The number of ether oxygens (including phenoxy) is 1. The van der Waals surface area contributed by atoms with Crippen molar-refractivity contribution < 1.29 is 4.74 Å². The summed E-state index contributed by atoms with van der Waals surface area (Å²) in [5, 5.41) is 3.38. The smallest absolute Gasteiger partial charge is 0.0778 e. The van der Waals surface area contributed by atoms with Crippen LogP contribution >= 0.6 is 11.3 Å². The first-order valence-electron chi connectivity index (χ1n) is 5.72. The van der Waals surface area contributed by atoms with Gasteiger partial charge in [-0.1, -0.05) is 6.92 Å². The third-order valence-corrected chi connectivity index (χ3v) is 4.30. The van der Waals surface area contributed by atoms with Crippen LogP contribution in [0.25, 0.3) is 0 Å². The van der Waals surface area contributed by atoms with Crippen molar-refractivity contribution in [3.63, 3.8) is 0 Å². The number of thiophene rings is 1. The van der Waals surface area contributed by atoms with Gasteiger partial charge in [0.15, 0.2) is 0 Å². The molecule has 0 spiro atoms. The molecule has 2 nitrogen and oxygen atoms in total. The highest BCUT2D eigenvalue weighted by Gasteiger charge is 2.26. The lowest BCUT2D eigenvalue weighted by atomic mass is 10.1. The summed E-state index contributed by atoms with van der Waals surface area (Å²) >= 11 is 1.91. The van der Waals surface area contributed by atoms with E-state index in [1.54, 1.807) is 0 Å². The molecule has 3 heteroatoms. The molecule has 84 valence electrons. The molecule has 0 aromatic carbocycles. The third kappa shape index (κ3) is 2.41. The molecule has 1 N–H and O–H groups in total. The molecule has 15 heavy (non-hydrogen) atoms. The number of hydrogen-bond donors (Lipinski definition) is 1. The lowest BCUT2D eigenvalue weighted by molar-refractivity contribution is 0.0818. The van der Waals surface area contributed by atoms with Crippen molar-refractivity contribution in [3.8, 4) is 0 Å². The van der Waals surface area contributed by atoms with Crippen LogP contribution in [-0.4, -0.2) is 19.8 Å². The Hall–Kier alpha value is -0.380. The van der Waals surface area contributed by atoms with Gasteiger partial charge in [-0.05, 0) is 38.4 Å². The highest BCUT2D eigenvalue weighted by Crippen LogP contribution is 2.31. The average molecular weight is 225 g/mol. The maximum absolute atomic E-state index is 5.75. The fraction of sp³-hybridized carbons (Fsp3) is 0.667. The molecule has 2 rings (SSSR count). The molecule has 0 amide bonds. The topological polar surface area (TPSA) is 21.3 Å². The van der Waals surface area contributed by atoms with E-state index in [-0.39, 0.29) is 0 Å². The molecule has 2 atom stereocenters. The van der Waals surface area contributed by atoms with Gasteiger partial charge < -0.3 is 10.1 Å². The Morgan fingerprint density at radius 3 is 3.00 bits per heavy atom. The van der Waals surface area contributed by atoms with Crippen LogP contribution in [0.1, 0.15) is 35.6 Å². The van der Waals surface area contributed by atoms with Crippen LogP contribution in [0.15, 0.2) is 12.1 Å². The van der Waals surface area contributed by atoms with Gasteiger partial charge in [0.05, 0.1) is 12.1 Å². The standard InChI is InChI=1S/C12H19NOS/c1-3-9-6-7-11(15-9)12(13-2)10-5-4-8-14-10/h6-7,10,12-13H,3-5,8H2,1-2H3. The summed E-state index contributed by atoms with van der Waals surface area (Å²) in [6.07, 6.45) is 3.89. The van der Waals surface area contributed by atoms with Crippen LogP contribution in [0.3, 0.4) is 0 Å². The Kier molecular flexibility index (Phi) is 3.78. The van der Waals surface area contributed by atoms with E-state index in [9.17, 15) is 0 Å². The van der Waals surface area contributed by atoms with E-state index in [0.29, 0.717) is 12.1 Å². The van der Waals surface area contributed by atoms with Gasteiger partial charge in [-0.2, -0.15) is 0 Å². The molecule has 1 saturated heterocycles. The van der Waals surface area contributed by atoms with Crippen molar-refractivity contribution in [3.05, 3.63) is 21.9 Å². The SMILES string of the molecule is CCc1ccc(C(NC)C2CCCO2)s1. The Morgan fingerprint density at radius 1 is 1.60 bits per heavy atom. The third-order valence-electron chi connectivity index (χ3n) is 2.99. The van der Waals surface area contributed by atoms with Crippen LogP contribution in [-0.2, 0) is 11.2 Å². The molecule has 1 aliphatic heterocycles. The minimum atomic E-state index is 0.373. The van der Waals surface area contributed by atoms with Crippen molar-refractivity contribution in [2.24, 2.45) is 0 Å². The molecule has 0 aliphatic carbocycles. The molecule has 0 radical (unpaired) electrons. The Bertz CT molecular complexity index is 304. The summed E-state index contributed by atoms with van der Waals surface area (Å²) < 4.78 is 5.75. The average Bonchev–Trinajstić information content (AvgIpc) is 2.89. The van der Waals surface area contributed by atoms with E-state index in [4.69, 9.17) is 4.74 Å². The first kappa shape index (κ1) is 11.1. The fourth-order valence-corrected chi connectivity index (χ4v) is 3.24.